The molecule has 2 N–H and O–H groups in total. The molecule has 0 bridgehead atoms. The van der Waals surface area contributed by atoms with Crippen LogP contribution in [0.15, 0.2) is 66.7 Å². The number of benzene rings is 2. The van der Waals surface area contributed by atoms with Gasteiger partial charge in [0.05, 0.1) is 19.4 Å². The van der Waals surface area contributed by atoms with Crippen LogP contribution in [0.3, 0.4) is 0 Å². The van der Waals surface area contributed by atoms with E-state index in [1.165, 1.54) is 0 Å². The first-order chi connectivity index (χ1) is 14.3. The number of hydrogen-bond acceptors (Lipinski definition) is 5. The first-order valence-corrected chi connectivity index (χ1v) is 9.68. The summed E-state index contributed by atoms with van der Waals surface area (Å²) < 4.78 is 12.9. The van der Waals surface area contributed by atoms with Crippen molar-refractivity contribution in [1.82, 2.24) is 14.6 Å². The smallest absolute Gasteiger partial charge is 0.156 e. The molecule has 148 valence electrons. The van der Waals surface area contributed by atoms with Crippen molar-refractivity contribution in [2.75, 3.05) is 20.3 Å². The Morgan fingerprint density at radius 1 is 0.966 bits per heavy atom. The van der Waals surface area contributed by atoms with Crippen LogP contribution in [0.25, 0.3) is 16.9 Å². The maximum atomic E-state index is 5.74. The van der Waals surface area contributed by atoms with Gasteiger partial charge in [-0.3, -0.25) is 0 Å². The number of hydrogen-bond donors (Lipinski definition) is 1. The summed E-state index contributed by atoms with van der Waals surface area (Å²) in [6, 6.07) is 22.0. The first-order valence-electron chi connectivity index (χ1n) is 9.68. The molecule has 0 saturated carbocycles. The quantitative estimate of drug-likeness (QED) is 0.466. The zero-order valence-corrected chi connectivity index (χ0v) is 16.4. The minimum Gasteiger partial charge on any atom is -0.497 e. The van der Waals surface area contributed by atoms with Crippen LogP contribution >= 0.6 is 0 Å². The zero-order chi connectivity index (χ0) is 20.1. The highest BCUT2D eigenvalue weighted by Crippen LogP contribution is 2.23. The van der Waals surface area contributed by atoms with Crippen LogP contribution in [-0.4, -0.2) is 34.9 Å². The fourth-order valence-electron chi connectivity index (χ4n) is 3.21. The number of aromatic nitrogens is 3. The molecule has 0 aliphatic carbocycles. The third-order valence-electron chi connectivity index (χ3n) is 4.67. The van der Waals surface area contributed by atoms with Gasteiger partial charge >= 0.3 is 0 Å². The van der Waals surface area contributed by atoms with Crippen LogP contribution in [0, 0.1) is 0 Å². The molecule has 6 nitrogen and oxygen atoms in total. The molecular formula is C23H24N4O2. The lowest BCUT2D eigenvalue weighted by atomic mass is 10.1. The Balaban J connectivity index is 1.59. The molecule has 2 aromatic carbocycles. The van der Waals surface area contributed by atoms with Gasteiger partial charge in [0, 0.05) is 12.0 Å². The van der Waals surface area contributed by atoms with Crippen LogP contribution < -0.4 is 15.2 Å². The summed E-state index contributed by atoms with van der Waals surface area (Å²) in [6.07, 6.45) is 1.48. The van der Waals surface area contributed by atoms with Gasteiger partial charge < -0.3 is 15.2 Å². The van der Waals surface area contributed by atoms with Crippen LogP contribution in [-0.2, 0) is 6.42 Å². The number of nitrogens with zero attached hydrogens (tertiary/aromatic N) is 3. The van der Waals surface area contributed by atoms with Gasteiger partial charge in [-0.1, -0.05) is 18.2 Å². The van der Waals surface area contributed by atoms with Gasteiger partial charge in [-0.15, -0.1) is 0 Å². The Kier molecular flexibility index (Phi) is 5.72. The average molecular weight is 388 g/mol. The minimum atomic E-state index is 0.623. The SMILES string of the molecule is COc1ccc(-c2cccc3nc(Cc4cccc(OCCCN)c4)nn23)cc1. The zero-order valence-electron chi connectivity index (χ0n) is 16.4. The molecule has 0 fully saturated rings. The van der Waals surface area contributed by atoms with Crippen molar-refractivity contribution >= 4 is 5.65 Å². The number of nitrogens with two attached hydrogens (primary N) is 1. The van der Waals surface area contributed by atoms with E-state index in [0.29, 0.717) is 19.6 Å². The van der Waals surface area contributed by atoms with E-state index >= 15 is 0 Å². The van der Waals surface area contributed by atoms with Gasteiger partial charge in [-0.2, -0.15) is 5.10 Å². The number of methoxy groups -OCH3 is 1. The second-order valence-corrected chi connectivity index (χ2v) is 6.75. The van der Waals surface area contributed by atoms with Crippen LogP contribution in [0.4, 0.5) is 0 Å². The molecule has 4 rings (SSSR count). The van der Waals surface area contributed by atoms with Crippen molar-refractivity contribution in [3.8, 4) is 22.8 Å². The molecule has 6 heteroatoms. The van der Waals surface area contributed by atoms with E-state index in [9.17, 15) is 0 Å². The van der Waals surface area contributed by atoms with Gasteiger partial charge in [0.25, 0.3) is 0 Å². The predicted octanol–water partition coefficient (Wildman–Crippen LogP) is 3.72. The summed E-state index contributed by atoms with van der Waals surface area (Å²) in [5.74, 6) is 2.44. The molecule has 29 heavy (non-hydrogen) atoms. The minimum absolute atomic E-state index is 0.623. The van der Waals surface area contributed by atoms with Crippen LogP contribution in [0.5, 0.6) is 11.5 Å². The molecule has 2 aromatic heterocycles. The normalized spacial score (nSPS) is 11.0. The third-order valence-corrected chi connectivity index (χ3v) is 4.67. The summed E-state index contributed by atoms with van der Waals surface area (Å²) in [6.45, 7) is 1.25. The van der Waals surface area contributed by atoms with Crippen molar-refractivity contribution in [1.29, 1.82) is 0 Å². The highest BCUT2D eigenvalue weighted by atomic mass is 16.5. The molecule has 0 amide bonds. The highest BCUT2D eigenvalue weighted by molar-refractivity contribution is 5.63. The van der Waals surface area contributed by atoms with Crippen molar-refractivity contribution < 1.29 is 9.47 Å². The van der Waals surface area contributed by atoms with E-state index in [0.717, 1.165) is 46.2 Å². The van der Waals surface area contributed by atoms with Gasteiger partial charge in [-0.05, 0) is 67.1 Å². The number of fused-ring (bicyclic) bond motifs is 1. The molecule has 0 unspecified atom stereocenters. The molecule has 2 heterocycles. The summed E-state index contributed by atoms with van der Waals surface area (Å²) in [4.78, 5) is 4.70. The van der Waals surface area contributed by atoms with Gasteiger partial charge in [0.15, 0.2) is 11.5 Å². The Morgan fingerprint density at radius 3 is 2.59 bits per heavy atom. The molecule has 0 radical (unpaired) electrons. The summed E-state index contributed by atoms with van der Waals surface area (Å²) in [5.41, 5.74) is 9.50. The van der Waals surface area contributed by atoms with E-state index in [2.05, 4.69) is 6.07 Å². The molecule has 0 atom stereocenters. The fraction of sp³-hybridized carbons (Fsp3) is 0.217. The van der Waals surface area contributed by atoms with Crippen LogP contribution in [0.2, 0.25) is 0 Å². The van der Waals surface area contributed by atoms with E-state index in [-0.39, 0.29) is 0 Å². The average Bonchev–Trinajstić information content (AvgIpc) is 3.17. The van der Waals surface area contributed by atoms with Crippen LogP contribution in [0.1, 0.15) is 17.8 Å². The summed E-state index contributed by atoms with van der Waals surface area (Å²) in [5, 5.41) is 4.75. The third kappa shape index (κ3) is 4.38. The first kappa shape index (κ1) is 19.0. The number of pyridine rings is 1. The molecule has 0 aliphatic heterocycles. The second-order valence-electron chi connectivity index (χ2n) is 6.75. The number of rotatable bonds is 8. The Morgan fingerprint density at radius 2 is 1.79 bits per heavy atom. The molecule has 0 saturated heterocycles. The van der Waals surface area contributed by atoms with E-state index < -0.39 is 0 Å². The summed E-state index contributed by atoms with van der Waals surface area (Å²) in [7, 11) is 1.66. The Hall–Kier alpha value is -3.38. The van der Waals surface area contributed by atoms with Gasteiger partial charge in [0.2, 0.25) is 0 Å². The lowest BCUT2D eigenvalue weighted by Gasteiger charge is -2.06. The van der Waals surface area contributed by atoms with Gasteiger partial charge in [0.1, 0.15) is 11.5 Å². The molecule has 0 spiro atoms. The Labute approximate surface area is 169 Å². The molecule has 0 aliphatic rings. The predicted molar refractivity (Wildman–Crippen MR) is 113 cm³/mol. The fourth-order valence-corrected chi connectivity index (χ4v) is 3.21. The lowest BCUT2D eigenvalue weighted by Crippen LogP contribution is -2.06. The van der Waals surface area contributed by atoms with Crippen molar-refractivity contribution in [3.63, 3.8) is 0 Å². The molecule has 4 aromatic rings. The maximum Gasteiger partial charge on any atom is 0.156 e. The topological polar surface area (TPSA) is 74.7 Å². The van der Waals surface area contributed by atoms with E-state index in [4.69, 9.17) is 25.3 Å². The largest absolute Gasteiger partial charge is 0.497 e. The summed E-state index contributed by atoms with van der Waals surface area (Å²) >= 11 is 0. The number of ether oxygens (including phenoxy) is 2. The van der Waals surface area contributed by atoms with E-state index in [1.807, 2.05) is 65.2 Å². The standard InChI is InChI=1S/C23H24N4O2/c1-28-19-11-9-18(10-12-19)21-7-3-8-23-25-22(26-27(21)23)16-17-5-2-6-20(15-17)29-14-4-13-24/h2-3,5-12,15H,4,13-14,16,24H2,1H3. The van der Waals surface area contributed by atoms with Crippen molar-refractivity contribution in [2.45, 2.75) is 12.8 Å². The lowest BCUT2D eigenvalue weighted by molar-refractivity contribution is 0.313. The maximum absolute atomic E-state index is 5.74. The Bertz CT molecular complexity index is 1090. The van der Waals surface area contributed by atoms with E-state index in [1.54, 1.807) is 7.11 Å². The van der Waals surface area contributed by atoms with Gasteiger partial charge in [-0.25, -0.2) is 9.50 Å². The second kappa shape index (κ2) is 8.75. The van der Waals surface area contributed by atoms with Crippen molar-refractivity contribution in [2.24, 2.45) is 5.73 Å². The van der Waals surface area contributed by atoms with Crippen molar-refractivity contribution in [3.05, 3.63) is 78.1 Å². The molecular weight excluding hydrogens is 364 g/mol. The monoisotopic (exact) mass is 388 g/mol. The highest BCUT2D eigenvalue weighted by Gasteiger charge is 2.10.